The van der Waals surface area contributed by atoms with Gasteiger partial charge in [-0.2, -0.15) is 0 Å². The van der Waals surface area contributed by atoms with Gasteiger partial charge in [-0.3, -0.25) is 4.79 Å². The second-order valence-corrected chi connectivity index (χ2v) is 5.19. The van der Waals surface area contributed by atoms with Gasteiger partial charge < -0.3 is 14.9 Å². The first-order valence-corrected chi connectivity index (χ1v) is 6.95. The lowest BCUT2D eigenvalue weighted by Crippen LogP contribution is -2.28. The number of carbonyl (C=O) groups excluding carboxylic acids is 1. The Bertz CT molecular complexity index is 532. The number of phenols is 1. The molecule has 0 bridgehead atoms. The van der Waals surface area contributed by atoms with Crippen molar-refractivity contribution in [3.8, 4) is 5.75 Å². The number of hydrogen-bond donors (Lipinski definition) is 2. The minimum atomic E-state index is -0.824. The minimum absolute atomic E-state index is 0.164. The maximum absolute atomic E-state index is 11.7. The van der Waals surface area contributed by atoms with Crippen LogP contribution in [0.15, 0.2) is 30.3 Å². The first-order valence-electron chi connectivity index (χ1n) is 6.95. The van der Waals surface area contributed by atoms with Gasteiger partial charge in [-0.25, -0.2) is 4.79 Å². The van der Waals surface area contributed by atoms with Crippen LogP contribution in [0.25, 0.3) is 6.08 Å². The molecule has 1 saturated carbocycles. The summed E-state index contributed by atoms with van der Waals surface area (Å²) >= 11 is 0. The van der Waals surface area contributed by atoms with Crippen LogP contribution in [0.1, 0.15) is 31.2 Å². The van der Waals surface area contributed by atoms with E-state index in [1.54, 1.807) is 18.2 Å². The normalized spacial score (nSPS) is 22.1. The molecule has 0 saturated heterocycles. The van der Waals surface area contributed by atoms with Crippen molar-refractivity contribution in [3.63, 3.8) is 0 Å². The Morgan fingerprint density at radius 2 is 1.90 bits per heavy atom. The van der Waals surface area contributed by atoms with Gasteiger partial charge in [0.25, 0.3) is 0 Å². The smallest absolute Gasteiger partial charge is 0.331 e. The molecule has 1 fully saturated rings. The zero-order chi connectivity index (χ0) is 15.2. The number of aromatic hydroxyl groups is 1. The average molecular weight is 290 g/mol. The maximum atomic E-state index is 11.7. The lowest BCUT2D eigenvalue weighted by Gasteiger charge is -2.25. The molecule has 2 atom stereocenters. The van der Waals surface area contributed by atoms with Crippen LogP contribution in [0.4, 0.5) is 0 Å². The number of benzene rings is 1. The molecule has 0 heterocycles. The Kier molecular flexibility index (Phi) is 4.98. The molecular formula is C16H18O5. The minimum Gasteiger partial charge on any atom is -0.508 e. The molecule has 5 heteroatoms. The lowest BCUT2D eigenvalue weighted by atomic mass is 9.87. The molecular weight excluding hydrogens is 272 g/mol. The van der Waals surface area contributed by atoms with Crippen LogP contribution < -0.4 is 0 Å². The Morgan fingerprint density at radius 1 is 1.19 bits per heavy atom. The molecule has 2 N–H and O–H groups in total. The summed E-state index contributed by atoms with van der Waals surface area (Å²) in [6.07, 6.45) is 5.09. The fourth-order valence-electron chi connectivity index (χ4n) is 2.43. The van der Waals surface area contributed by atoms with Gasteiger partial charge in [0.15, 0.2) is 0 Å². The molecule has 5 nitrogen and oxygen atoms in total. The fraction of sp³-hybridized carbons (Fsp3) is 0.375. The molecule has 1 aliphatic carbocycles. The van der Waals surface area contributed by atoms with Gasteiger partial charge in [0.05, 0.1) is 5.92 Å². The van der Waals surface area contributed by atoms with E-state index in [2.05, 4.69) is 0 Å². The highest BCUT2D eigenvalue weighted by Gasteiger charge is 2.28. The molecule has 2 unspecified atom stereocenters. The van der Waals surface area contributed by atoms with E-state index in [-0.39, 0.29) is 11.9 Å². The number of carbonyl (C=O) groups is 2. The van der Waals surface area contributed by atoms with Crippen molar-refractivity contribution >= 4 is 18.0 Å². The van der Waals surface area contributed by atoms with Crippen molar-refractivity contribution in [1.29, 1.82) is 0 Å². The van der Waals surface area contributed by atoms with E-state index in [9.17, 15) is 9.59 Å². The summed E-state index contributed by atoms with van der Waals surface area (Å²) in [7, 11) is 0. The molecule has 0 aromatic heterocycles. The van der Waals surface area contributed by atoms with Gasteiger partial charge in [0.2, 0.25) is 0 Å². The van der Waals surface area contributed by atoms with Gasteiger partial charge in [0, 0.05) is 6.08 Å². The predicted octanol–water partition coefficient (Wildman–Crippen LogP) is 2.59. The Balaban J connectivity index is 1.86. The highest BCUT2D eigenvalue weighted by atomic mass is 16.5. The Hall–Kier alpha value is -2.30. The van der Waals surface area contributed by atoms with Crippen molar-refractivity contribution in [2.75, 3.05) is 0 Å². The zero-order valence-corrected chi connectivity index (χ0v) is 11.6. The van der Waals surface area contributed by atoms with E-state index in [1.165, 1.54) is 18.2 Å². The molecule has 21 heavy (non-hydrogen) atoms. The van der Waals surface area contributed by atoms with Gasteiger partial charge in [0.1, 0.15) is 11.9 Å². The van der Waals surface area contributed by atoms with Gasteiger partial charge in [-0.15, -0.1) is 0 Å². The summed E-state index contributed by atoms with van der Waals surface area (Å²) in [6.45, 7) is 0. The van der Waals surface area contributed by atoms with E-state index in [4.69, 9.17) is 14.9 Å². The second kappa shape index (κ2) is 6.92. The second-order valence-electron chi connectivity index (χ2n) is 5.19. The number of esters is 1. The van der Waals surface area contributed by atoms with Crippen molar-refractivity contribution in [2.24, 2.45) is 5.92 Å². The van der Waals surface area contributed by atoms with E-state index in [1.807, 2.05) is 0 Å². The van der Waals surface area contributed by atoms with Crippen LogP contribution in [0.5, 0.6) is 5.75 Å². The molecule has 0 aliphatic heterocycles. The first kappa shape index (κ1) is 15.1. The molecule has 1 aliphatic rings. The summed E-state index contributed by atoms with van der Waals surface area (Å²) in [5.74, 6) is -1.55. The summed E-state index contributed by atoms with van der Waals surface area (Å²) < 4.78 is 5.28. The highest BCUT2D eigenvalue weighted by Crippen LogP contribution is 2.26. The molecule has 0 radical (unpaired) electrons. The molecule has 1 aromatic carbocycles. The number of carboxylic acid groups (broad SMARTS) is 1. The lowest BCUT2D eigenvalue weighted by molar-refractivity contribution is -0.151. The van der Waals surface area contributed by atoms with Crippen molar-refractivity contribution in [3.05, 3.63) is 35.9 Å². The largest absolute Gasteiger partial charge is 0.508 e. The van der Waals surface area contributed by atoms with Crippen LogP contribution in [-0.2, 0) is 14.3 Å². The zero-order valence-electron chi connectivity index (χ0n) is 11.6. The van der Waals surface area contributed by atoms with Crippen LogP contribution in [0, 0.1) is 5.92 Å². The van der Waals surface area contributed by atoms with Crippen LogP contribution in [0.3, 0.4) is 0 Å². The number of rotatable bonds is 4. The SMILES string of the molecule is O=C(/C=C/c1ccc(O)cc1)OC1CCCC(C(=O)O)C1. The van der Waals surface area contributed by atoms with E-state index in [0.717, 1.165) is 12.0 Å². The Labute approximate surface area is 122 Å². The maximum Gasteiger partial charge on any atom is 0.331 e. The predicted molar refractivity (Wildman–Crippen MR) is 76.6 cm³/mol. The molecule has 2 rings (SSSR count). The number of carboxylic acids is 1. The summed E-state index contributed by atoms with van der Waals surface area (Å²) in [5.41, 5.74) is 0.775. The summed E-state index contributed by atoms with van der Waals surface area (Å²) in [5, 5.41) is 18.1. The van der Waals surface area contributed by atoms with E-state index in [0.29, 0.717) is 19.3 Å². The topological polar surface area (TPSA) is 83.8 Å². The monoisotopic (exact) mass is 290 g/mol. The van der Waals surface area contributed by atoms with Gasteiger partial charge >= 0.3 is 11.9 Å². The van der Waals surface area contributed by atoms with Crippen LogP contribution in [0.2, 0.25) is 0 Å². The number of ether oxygens (including phenoxy) is 1. The average Bonchev–Trinajstić information content (AvgIpc) is 2.47. The van der Waals surface area contributed by atoms with Gasteiger partial charge in [-0.05, 0) is 49.5 Å². The molecule has 112 valence electrons. The van der Waals surface area contributed by atoms with Crippen molar-refractivity contribution < 1.29 is 24.5 Å². The number of hydrogen-bond acceptors (Lipinski definition) is 4. The molecule has 1 aromatic rings. The standard InChI is InChI=1S/C16H18O5/c17-13-7-4-11(5-8-13)6-9-15(18)21-14-3-1-2-12(10-14)16(19)20/h4-9,12,14,17H,1-3,10H2,(H,19,20)/b9-6+. The Morgan fingerprint density at radius 3 is 2.57 bits per heavy atom. The number of phenolic OH excluding ortho intramolecular Hbond substituents is 1. The third-order valence-corrected chi connectivity index (χ3v) is 3.56. The van der Waals surface area contributed by atoms with Crippen LogP contribution in [-0.4, -0.2) is 28.3 Å². The van der Waals surface area contributed by atoms with E-state index < -0.39 is 17.9 Å². The summed E-state index contributed by atoms with van der Waals surface area (Å²) in [6, 6.07) is 6.42. The summed E-state index contributed by atoms with van der Waals surface area (Å²) in [4.78, 5) is 22.7. The van der Waals surface area contributed by atoms with E-state index >= 15 is 0 Å². The van der Waals surface area contributed by atoms with Gasteiger partial charge in [-0.1, -0.05) is 12.1 Å². The third-order valence-electron chi connectivity index (χ3n) is 3.56. The quantitative estimate of drug-likeness (QED) is 0.657. The highest BCUT2D eigenvalue weighted by molar-refractivity contribution is 5.87. The fourth-order valence-corrected chi connectivity index (χ4v) is 2.43. The molecule has 0 amide bonds. The molecule has 0 spiro atoms. The number of aliphatic carboxylic acids is 1. The first-order chi connectivity index (χ1) is 10.0. The van der Waals surface area contributed by atoms with Crippen molar-refractivity contribution in [2.45, 2.75) is 31.8 Å². The van der Waals surface area contributed by atoms with Crippen LogP contribution >= 0.6 is 0 Å². The van der Waals surface area contributed by atoms with Crippen molar-refractivity contribution in [1.82, 2.24) is 0 Å². The third kappa shape index (κ3) is 4.63.